The number of thiazole rings is 1. The molecule has 0 aliphatic carbocycles. The molecule has 0 amide bonds. The lowest BCUT2D eigenvalue weighted by atomic mass is 9.96. The largest absolute Gasteiger partial charge is 0.494 e. The highest BCUT2D eigenvalue weighted by Crippen LogP contribution is 2.32. The molecule has 0 spiro atoms. The number of hydrogen-bond donors (Lipinski definition) is 0. The molecular weight excluding hydrogens is 546 g/mol. The molecule has 1 aliphatic heterocycles. The Bertz CT molecular complexity index is 1830. The van der Waals surface area contributed by atoms with Crippen LogP contribution in [-0.4, -0.2) is 28.2 Å². The van der Waals surface area contributed by atoms with Crippen LogP contribution in [0, 0.1) is 10.1 Å². The molecule has 41 heavy (non-hydrogen) atoms. The monoisotopic (exact) mass is 573 g/mol. The second kappa shape index (κ2) is 11.4. The third-order valence-corrected chi connectivity index (χ3v) is 7.34. The molecule has 2 aromatic heterocycles. The molecule has 11 heteroatoms. The number of carbonyl (C=O) groups is 1. The van der Waals surface area contributed by atoms with Crippen LogP contribution in [-0.2, 0) is 9.53 Å². The summed E-state index contributed by atoms with van der Waals surface area (Å²) in [5.74, 6) is 1.07. The zero-order valence-corrected chi connectivity index (χ0v) is 23.6. The van der Waals surface area contributed by atoms with E-state index in [4.69, 9.17) is 13.9 Å². The van der Waals surface area contributed by atoms with Crippen molar-refractivity contribution in [2.24, 2.45) is 4.99 Å². The highest BCUT2D eigenvalue weighted by atomic mass is 32.1. The first kappa shape index (κ1) is 27.8. The molecule has 0 unspecified atom stereocenters. The second-order valence-corrected chi connectivity index (χ2v) is 10.6. The van der Waals surface area contributed by atoms with Crippen molar-refractivity contribution in [3.63, 3.8) is 0 Å². The van der Waals surface area contributed by atoms with Crippen LogP contribution in [0.5, 0.6) is 5.75 Å². The van der Waals surface area contributed by atoms with Gasteiger partial charge in [0.05, 0.1) is 39.5 Å². The van der Waals surface area contributed by atoms with Gasteiger partial charge in [-0.05, 0) is 69.7 Å². The van der Waals surface area contributed by atoms with E-state index in [2.05, 4.69) is 4.99 Å². The van der Waals surface area contributed by atoms with E-state index in [1.54, 1.807) is 63.2 Å². The summed E-state index contributed by atoms with van der Waals surface area (Å²) in [5, 5.41) is 11.0. The van der Waals surface area contributed by atoms with Gasteiger partial charge >= 0.3 is 5.97 Å². The molecular formula is C30H27N3O7S. The van der Waals surface area contributed by atoms with E-state index in [9.17, 15) is 19.7 Å². The van der Waals surface area contributed by atoms with E-state index in [0.29, 0.717) is 55.6 Å². The first-order valence-electron chi connectivity index (χ1n) is 13.0. The van der Waals surface area contributed by atoms with Crippen LogP contribution in [0.1, 0.15) is 45.1 Å². The minimum atomic E-state index is -0.748. The van der Waals surface area contributed by atoms with Crippen molar-refractivity contribution in [2.45, 2.75) is 39.8 Å². The molecule has 0 saturated carbocycles. The lowest BCUT2D eigenvalue weighted by molar-refractivity contribution is -0.384. The molecule has 3 heterocycles. The van der Waals surface area contributed by atoms with E-state index in [0.717, 1.165) is 0 Å². The number of esters is 1. The van der Waals surface area contributed by atoms with Gasteiger partial charge in [-0.25, -0.2) is 9.79 Å². The number of non-ortho nitro benzene ring substituents is 1. The Balaban J connectivity index is 1.58. The van der Waals surface area contributed by atoms with Crippen LogP contribution >= 0.6 is 11.3 Å². The Morgan fingerprint density at radius 2 is 1.85 bits per heavy atom. The number of hydrogen-bond acceptors (Lipinski definition) is 9. The first-order chi connectivity index (χ1) is 19.7. The Morgan fingerprint density at radius 1 is 1.15 bits per heavy atom. The summed E-state index contributed by atoms with van der Waals surface area (Å²) in [6, 6.07) is 16.0. The van der Waals surface area contributed by atoms with Crippen molar-refractivity contribution < 1.29 is 23.6 Å². The van der Waals surface area contributed by atoms with Crippen molar-refractivity contribution in [1.82, 2.24) is 4.57 Å². The standard InChI is InChI=1S/C30H27N3O7S/c1-5-38-22-12-8-20(9-13-22)27-26(29(35)39-17(2)3)18(4)31-30-32(27)28(34)25(41-30)16-23-14-15-24(40-23)19-6-10-21(11-7-19)33(36)37/h6-17,27H,5H2,1-4H3/b25-16+/t27-/m1/s1. The van der Waals surface area contributed by atoms with Gasteiger partial charge in [0.15, 0.2) is 4.80 Å². The summed E-state index contributed by atoms with van der Waals surface area (Å²) in [7, 11) is 0. The molecule has 5 rings (SSSR count). The van der Waals surface area contributed by atoms with Gasteiger partial charge in [0.1, 0.15) is 17.3 Å². The highest BCUT2D eigenvalue weighted by Gasteiger charge is 2.33. The van der Waals surface area contributed by atoms with Crippen LogP contribution in [0.2, 0.25) is 0 Å². The summed E-state index contributed by atoms with van der Waals surface area (Å²) < 4.78 is 18.9. The molecule has 10 nitrogen and oxygen atoms in total. The van der Waals surface area contributed by atoms with Gasteiger partial charge in [0.2, 0.25) is 0 Å². The summed E-state index contributed by atoms with van der Waals surface area (Å²) >= 11 is 1.19. The lowest BCUT2D eigenvalue weighted by Crippen LogP contribution is -2.40. The minimum absolute atomic E-state index is 0.0179. The number of furan rings is 1. The van der Waals surface area contributed by atoms with Crippen LogP contribution < -0.4 is 19.6 Å². The normalized spacial score (nSPS) is 15.0. The van der Waals surface area contributed by atoms with Gasteiger partial charge < -0.3 is 13.9 Å². The Hall–Kier alpha value is -4.77. The predicted molar refractivity (Wildman–Crippen MR) is 153 cm³/mol. The number of nitro benzene ring substituents is 1. The van der Waals surface area contributed by atoms with Crippen molar-refractivity contribution in [2.75, 3.05) is 6.61 Å². The fraction of sp³-hybridized carbons (Fsp3) is 0.233. The average molecular weight is 574 g/mol. The number of fused-ring (bicyclic) bond motifs is 1. The molecule has 0 N–H and O–H groups in total. The molecule has 1 atom stereocenters. The predicted octanol–water partition coefficient (Wildman–Crippen LogP) is 4.75. The zero-order chi connectivity index (χ0) is 29.3. The van der Waals surface area contributed by atoms with Crippen molar-refractivity contribution in [1.29, 1.82) is 0 Å². The van der Waals surface area contributed by atoms with Gasteiger partial charge in [-0.2, -0.15) is 0 Å². The molecule has 210 valence electrons. The van der Waals surface area contributed by atoms with Gasteiger partial charge in [0, 0.05) is 23.8 Å². The summed E-state index contributed by atoms with van der Waals surface area (Å²) in [5.41, 5.74) is 1.79. The first-order valence-corrected chi connectivity index (χ1v) is 13.8. The number of nitrogens with zero attached hydrogens (tertiary/aromatic N) is 3. The van der Waals surface area contributed by atoms with Crippen molar-refractivity contribution >= 4 is 29.1 Å². The summed E-state index contributed by atoms with van der Waals surface area (Å²) in [4.78, 5) is 42.6. The average Bonchev–Trinajstić information content (AvgIpc) is 3.52. The smallest absolute Gasteiger partial charge is 0.338 e. The SMILES string of the molecule is CCOc1ccc([C@@H]2C(C(=O)OC(C)C)=C(C)N=c3s/c(=C/c4ccc(-c5ccc([N+](=O)[O-])cc5)o4)c(=O)n32)cc1. The van der Waals surface area contributed by atoms with Crippen molar-refractivity contribution in [3.05, 3.63) is 113 Å². The van der Waals surface area contributed by atoms with E-state index in [1.807, 2.05) is 19.1 Å². The van der Waals surface area contributed by atoms with E-state index in [-0.39, 0.29) is 17.4 Å². The van der Waals surface area contributed by atoms with E-state index in [1.165, 1.54) is 28.0 Å². The Labute approximate surface area is 238 Å². The number of aromatic nitrogens is 1. The van der Waals surface area contributed by atoms with Gasteiger partial charge in [-0.3, -0.25) is 19.5 Å². The minimum Gasteiger partial charge on any atom is -0.494 e. The topological polar surface area (TPSA) is 126 Å². The molecule has 1 aliphatic rings. The fourth-order valence-corrected chi connectivity index (χ4v) is 5.58. The van der Waals surface area contributed by atoms with Crippen molar-refractivity contribution in [3.8, 4) is 17.1 Å². The number of rotatable bonds is 8. The van der Waals surface area contributed by atoms with Crippen LogP contribution in [0.25, 0.3) is 17.4 Å². The Kier molecular flexibility index (Phi) is 7.71. The quantitative estimate of drug-likeness (QED) is 0.169. The maximum atomic E-state index is 13.8. The fourth-order valence-electron chi connectivity index (χ4n) is 4.55. The zero-order valence-electron chi connectivity index (χ0n) is 22.8. The molecule has 2 aromatic carbocycles. The number of nitro groups is 1. The second-order valence-electron chi connectivity index (χ2n) is 9.54. The Morgan fingerprint density at radius 3 is 2.49 bits per heavy atom. The molecule has 0 bridgehead atoms. The van der Waals surface area contributed by atoms with Gasteiger partial charge in [0.25, 0.3) is 11.2 Å². The number of benzene rings is 2. The summed E-state index contributed by atoms with van der Waals surface area (Å²) in [6.45, 7) is 7.68. The van der Waals surface area contributed by atoms with E-state index >= 15 is 0 Å². The maximum absolute atomic E-state index is 13.8. The van der Waals surface area contributed by atoms with Gasteiger partial charge in [-0.15, -0.1) is 0 Å². The molecule has 0 saturated heterocycles. The number of allylic oxidation sites excluding steroid dienone is 1. The van der Waals surface area contributed by atoms with Crippen LogP contribution in [0.3, 0.4) is 0 Å². The van der Waals surface area contributed by atoms with Gasteiger partial charge in [-0.1, -0.05) is 23.5 Å². The maximum Gasteiger partial charge on any atom is 0.338 e. The molecule has 0 fully saturated rings. The lowest BCUT2D eigenvalue weighted by Gasteiger charge is -2.25. The molecule has 0 radical (unpaired) electrons. The van der Waals surface area contributed by atoms with Crippen LogP contribution in [0.15, 0.2) is 86.1 Å². The molecule has 4 aromatic rings. The third kappa shape index (κ3) is 5.62. The van der Waals surface area contributed by atoms with Crippen LogP contribution in [0.4, 0.5) is 5.69 Å². The summed E-state index contributed by atoms with van der Waals surface area (Å²) in [6.07, 6.45) is 1.27. The van der Waals surface area contributed by atoms with E-state index < -0.39 is 16.9 Å². The number of ether oxygens (including phenoxy) is 2. The highest BCUT2D eigenvalue weighted by molar-refractivity contribution is 7.07. The number of carbonyl (C=O) groups excluding carboxylic acids is 1. The third-order valence-electron chi connectivity index (χ3n) is 6.35.